The van der Waals surface area contributed by atoms with Crippen LogP contribution in [0.3, 0.4) is 0 Å². The number of hydrogen-bond donors (Lipinski definition) is 0. The minimum absolute atomic E-state index is 0.0735. The number of fused-ring (bicyclic) bond motifs is 1. The van der Waals surface area contributed by atoms with Crippen LogP contribution in [0, 0.1) is 13.8 Å². The lowest BCUT2D eigenvalue weighted by Gasteiger charge is -2.10. The van der Waals surface area contributed by atoms with Gasteiger partial charge in [-0.25, -0.2) is 4.79 Å². The van der Waals surface area contributed by atoms with E-state index in [0.717, 1.165) is 11.1 Å². The van der Waals surface area contributed by atoms with Crippen molar-refractivity contribution in [2.75, 3.05) is 14.2 Å². The van der Waals surface area contributed by atoms with E-state index < -0.39 is 5.97 Å². The Morgan fingerprint density at radius 1 is 0.818 bits per heavy atom. The van der Waals surface area contributed by atoms with E-state index in [1.807, 2.05) is 32.0 Å². The fourth-order valence-corrected chi connectivity index (χ4v) is 3.25. The maximum atomic E-state index is 12.9. The Bertz CT molecular complexity index is 1380. The van der Waals surface area contributed by atoms with Crippen LogP contribution in [-0.2, 0) is 0 Å². The van der Waals surface area contributed by atoms with Crippen molar-refractivity contribution in [3.05, 3.63) is 87.8 Å². The van der Waals surface area contributed by atoms with Crippen molar-refractivity contribution in [2.24, 2.45) is 0 Å². The first-order valence-electron chi connectivity index (χ1n) is 10.1. The number of carbonyl (C=O) groups is 1. The summed E-state index contributed by atoms with van der Waals surface area (Å²) >= 11 is 0. The van der Waals surface area contributed by atoms with E-state index in [2.05, 4.69) is 0 Å². The van der Waals surface area contributed by atoms with Crippen molar-refractivity contribution >= 4 is 16.9 Å². The quantitative estimate of drug-likeness (QED) is 0.288. The SMILES string of the molecule is COc1cc(OC)cc(C(=O)Oc2ccc3c(=O)c(Oc4cc(C)ccc4C)coc3c2)c1. The monoisotopic (exact) mass is 446 g/mol. The molecule has 4 rings (SSSR count). The largest absolute Gasteiger partial charge is 0.497 e. The zero-order valence-corrected chi connectivity index (χ0v) is 18.6. The number of rotatable bonds is 6. The van der Waals surface area contributed by atoms with Gasteiger partial charge in [0.05, 0.1) is 25.2 Å². The molecule has 0 fully saturated rings. The van der Waals surface area contributed by atoms with Gasteiger partial charge in [0.25, 0.3) is 0 Å². The second-order valence-electron chi connectivity index (χ2n) is 7.45. The summed E-state index contributed by atoms with van der Waals surface area (Å²) in [6, 6.07) is 15.0. The van der Waals surface area contributed by atoms with Gasteiger partial charge in [0, 0.05) is 12.1 Å². The van der Waals surface area contributed by atoms with Gasteiger partial charge in [0.1, 0.15) is 34.8 Å². The van der Waals surface area contributed by atoms with Gasteiger partial charge in [-0.1, -0.05) is 12.1 Å². The van der Waals surface area contributed by atoms with E-state index in [9.17, 15) is 9.59 Å². The van der Waals surface area contributed by atoms with Crippen molar-refractivity contribution in [2.45, 2.75) is 13.8 Å². The molecule has 0 saturated carbocycles. The van der Waals surface area contributed by atoms with Gasteiger partial charge in [-0.15, -0.1) is 0 Å². The summed E-state index contributed by atoms with van der Waals surface area (Å²) in [4.78, 5) is 25.5. The standard InChI is InChI=1S/C26H22O7/c1-15-5-6-16(2)22(9-15)33-24-14-31-23-13-18(7-8-21(23)25(24)27)32-26(28)17-10-19(29-3)12-20(11-17)30-4/h5-14H,1-4H3. The maximum absolute atomic E-state index is 12.9. The molecule has 0 saturated heterocycles. The fraction of sp³-hybridized carbons (Fsp3) is 0.154. The average Bonchev–Trinajstić information content (AvgIpc) is 2.82. The molecule has 33 heavy (non-hydrogen) atoms. The molecular weight excluding hydrogens is 424 g/mol. The van der Waals surface area contributed by atoms with Gasteiger partial charge in [-0.2, -0.15) is 0 Å². The maximum Gasteiger partial charge on any atom is 0.343 e. The van der Waals surface area contributed by atoms with Crippen molar-refractivity contribution in [3.63, 3.8) is 0 Å². The molecule has 4 aromatic rings. The Hall–Kier alpha value is -4.26. The molecule has 0 bridgehead atoms. The van der Waals surface area contributed by atoms with Gasteiger partial charge in [0.15, 0.2) is 0 Å². The van der Waals surface area contributed by atoms with Gasteiger partial charge in [-0.3, -0.25) is 4.79 Å². The summed E-state index contributed by atoms with van der Waals surface area (Å²) in [6.07, 6.45) is 1.25. The summed E-state index contributed by atoms with van der Waals surface area (Å²) in [5.41, 5.74) is 2.11. The number of esters is 1. The Kier molecular flexibility index (Phi) is 6.04. The molecule has 1 heterocycles. The Labute approximate surface area is 190 Å². The van der Waals surface area contributed by atoms with E-state index in [4.69, 9.17) is 23.4 Å². The second-order valence-corrected chi connectivity index (χ2v) is 7.45. The van der Waals surface area contributed by atoms with E-state index in [1.165, 1.54) is 38.7 Å². The molecule has 0 N–H and O–H groups in total. The molecule has 0 atom stereocenters. The fourth-order valence-electron chi connectivity index (χ4n) is 3.25. The minimum Gasteiger partial charge on any atom is -0.497 e. The van der Waals surface area contributed by atoms with E-state index in [0.29, 0.717) is 22.6 Å². The Morgan fingerprint density at radius 2 is 1.55 bits per heavy atom. The third-order valence-electron chi connectivity index (χ3n) is 5.08. The smallest absolute Gasteiger partial charge is 0.343 e. The van der Waals surface area contributed by atoms with Crippen LogP contribution in [0.5, 0.6) is 28.7 Å². The van der Waals surface area contributed by atoms with Crippen LogP contribution in [0.1, 0.15) is 21.5 Å². The van der Waals surface area contributed by atoms with Crippen molar-refractivity contribution in [1.29, 1.82) is 0 Å². The van der Waals surface area contributed by atoms with Crippen LogP contribution in [-0.4, -0.2) is 20.2 Å². The Morgan fingerprint density at radius 3 is 2.24 bits per heavy atom. The summed E-state index contributed by atoms with van der Waals surface area (Å²) < 4.78 is 27.3. The first-order chi connectivity index (χ1) is 15.9. The van der Waals surface area contributed by atoms with Gasteiger partial charge in [0.2, 0.25) is 11.2 Å². The van der Waals surface area contributed by atoms with Gasteiger partial charge >= 0.3 is 5.97 Å². The number of methoxy groups -OCH3 is 2. The molecule has 0 radical (unpaired) electrons. The van der Waals surface area contributed by atoms with Crippen LogP contribution in [0.25, 0.3) is 11.0 Å². The number of carbonyl (C=O) groups excluding carboxylic acids is 1. The predicted octanol–water partition coefficient (Wildman–Crippen LogP) is 5.44. The summed E-state index contributed by atoms with van der Waals surface area (Å²) in [5.74, 6) is 1.19. The molecule has 0 aliphatic heterocycles. The van der Waals surface area contributed by atoms with E-state index in [-0.39, 0.29) is 28.1 Å². The topological polar surface area (TPSA) is 84.2 Å². The number of hydrogen-bond acceptors (Lipinski definition) is 7. The first-order valence-corrected chi connectivity index (χ1v) is 10.1. The van der Waals surface area contributed by atoms with Crippen LogP contribution in [0.4, 0.5) is 0 Å². The molecule has 0 unspecified atom stereocenters. The van der Waals surface area contributed by atoms with Crippen LogP contribution >= 0.6 is 0 Å². The first kappa shape index (κ1) is 22.0. The van der Waals surface area contributed by atoms with E-state index >= 15 is 0 Å². The minimum atomic E-state index is -0.608. The highest BCUT2D eigenvalue weighted by molar-refractivity contribution is 5.92. The molecule has 168 valence electrons. The van der Waals surface area contributed by atoms with Crippen molar-refractivity contribution < 1.29 is 28.2 Å². The normalized spacial score (nSPS) is 10.7. The number of ether oxygens (including phenoxy) is 4. The second kappa shape index (κ2) is 9.08. The van der Waals surface area contributed by atoms with Crippen LogP contribution in [0.15, 0.2) is 70.1 Å². The lowest BCUT2D eigenvalue weighted by Crippen LogP contribution is -2.10. The lowest BCUT2D eigenvalue weighted by molar-refractivity contribution is 0.0734. The lowest BCUT2D eigenvalue weighted by atomic mass is 10.1. The molecule has 0 amide bonds. The predicted molar refractivity (Wildman–Crippen MR) is 123 cm³/mol. The van der Waals surface area contributed by atoms with Crippen molar-refractivity contribution in [1.82, 2.24) is 0 Å². The van der Waals surface area contributed by atoms with Crippen molar-refractivity contribution in [3.8, 4) is 28.7 Å². The highest BCUT2D eigenvalue weighted by atomic mass is 16.5. The van der Waals surface area contributed by atoms with E-state index in [1.54, 1.807) is 18.2 Å². The third-order valence-corrected chi connectivity index (χ3v) is 5.08. The number of benzene rings is 3. The highest BCUT2D eigenvalue weighted by Crippen LogP contribution is 2.28. The van der Waals surface area contributed by atoms with Gasteiger partial charge < -0.3 is 23.4 Å². The third kappa shape index (κ3) is 4.67. The molecule has 1 aromatic heterocycles. The zero-order chi connectivity index (χ0) is 23.5. The average molecular weight is 446 g/mol. The van der Waals surface area contributed by atoms with Gasteiger partial charge in [-0.05, 0) is 55.3 Å². The molecule has 7 heteroatoms. The number of aryl methyl sites for hydroxylation is 2. The summed E-state index contributed by atoms with van der Waals surface area (Å²) in [6.45, 7) is 3.84. The Balaban J connectivity index is 1.60. The summed E-state index contributed by atoms with van der Waals surface area (Å²) in [7, 11) is 2.99. The molecular formula is C26H22O7. The molecule has 0 aliphatic carbocycles. The zero-order valence-electron chi connectivity index (χ0n) is 18.6. The van der Waals surface area contributed by atoms with Crippen LogP contribution < -0.4 is 24.4 Å². The molecule has 0 aliphatic rings. The molecule has 3 aromatic carbocycles. The highest BCUT2D eigenvalue weighted by Gasteiger charge is 2.15. The molecule has 0 spiro atoms. The van der Waals surface area contributed by atoms with Crippen LogP contribution in [0.2, 0.25) is 0 Å². The summed E-state index contributed by atoms with van der Waals surface area (Å²) in [5, 5.41) is 0.306. The molecule has 7 nitrogen and oxygen atoms in total.